The van der Waals surface area contributed by atoms with Crippen LogP contribution in [0.15, 0.2) is 44.3 Å². The Kier molecular flexibility index (Phi) is 3.87. The van der Waals surface area contributed by atoms with Crippen molar-refractivity contribution in [2.24, 2.45) is 0 Å². The van der Waals surface area contributed by atoms with Crippen molar-refractivity contribution >= 4 is 37.6 Å². The Bertz CT molecular complexity index is 766. The molecule has 6 nitrogen and oxygen atoms in total. The molecule has 2 rings (SSSR count). The summed E-state index contributed by atoms with van der Waals surface area (Å²) in [5, 5.41) is 8.27. The number of sulfonamides is 1. The third kappa shape index (κ3) is 2.86. The van der Waals surface area contributed by atoms with Crippen molar-refractivity contribution in [3.63, 3.8) is 0 Å². The van der Waals surface area contributed by atoms with Crippen LogP contribution in [0.4, 0.5) is 5.69 Å². The average Bonchev–Trinajstić information content (AvgIpc) is 2.85. The first-order chi connectivity index (χ1) is 9.31. The summed E-state index contributed by atoms with van der Waals surface area (Å²) in [5.74, 6) is -1.76. The topological polar surface area (TPSA) is 96.6 Å². The van der Waals surface area contributed by atoms with E-state index < -0.39 is 26.8 Å². The lowest BCUT2D eigenvalue weighted by Gasteiger charge is -2.09. The summed E-state index contributed by atoms with van der Waals surface area (Å²) in [6, 6.07) is 7.24. The zero-order valence-corrected chi connectivity index (χ0v) is 12.7. The van der Waals surface area contributed by atoms with Gasteiger partial charge < -0.3 is 9.52 Å². The molecule has 8 heteroatoms. The van der Waals surface area contributed by atoms with Crippen molar-refractivity contribution in [3.8, 4) is 0 Å². The van der Waals surface area contributed by atoms with E-state index in [2.05, 4.69) is 20.7 Å². The van der Waals surface area contributed by atoms with E-state index in [0.29, 0.717) is 11.3 Å². The second-order valence-electron chi connectivity index (χ2n) is 3.94. The molecule has 0 aliphatic rings. The molecule has 0 aliphatic carbocycles. The minimum atomic E-state index is -3.97. The Morgan fingerprint density at radius 1 is 1.30 bits per heavy atom. The summed E-state index contributed by atoms with van der Waals surface area (Å²) in [6.45, 7) is 1.74. The number of furan rings is 1. The number of hydrogen-bond acceptors (Lipinski definition) is 4. The van der Waals surface area contributed by atoms with Gasteiger partial charge in [0.15, 0.2) is 0 Å². The quantitative estimate of drug-likeness (QED) is 0.874. The molecule has 0 amide bonds. The first-order valence-electron chi connectivity index (χ1n) is 5.42. The fourth-order valence-electron chi connectivity index (χ4n) is 1.49. The van der Waals surface area contributed by atoms with Crippen molar-refractivity contribution in [3.05, 3.63) is 46.1 Å². The lowest BCUT2D eigenvalue weighted by atomic mass is 10.2. The number of benzene rings is 1. The van der Waals surface area contributed by atoms with E-state index in [1.54, 1.807) is 25.1 Å². The zero-order valence-electron chi connectivity index (χ0n) is 10.3. The minimum absolute atomic E-state index is 0.382. The molecule has 0 fully saturated rings. The minimum Gasteiger partial charge on any atom is -0.475 e. The summed E-state index contributed by atoms with van der Waals surface area (Å²) in [6.07, 6.45) is 0. The van der Waals surface area contributed by atoms with Crippen LogP contribution in [0.25, 0.3) is 0 Å². The maximum atomic E-state index is 12.1. The van der Waals surface area contributed by atoms with Crippen LogP contribution in [0.3, 0.4) is 0 Å². The highest BCUT2D eigenvalue weighted by atomic mass is 79.9. The SMILES string of the molecule is Cc1c(Br)cccc1NS(=O)(=O)c1ccc(C(=O)O)o1. The Balaban J connectivity index is 2.35. The Hall–Kier alpha value is -1.80. The molecule has 2 N–H and O–H groups in total. The van der Waals surface area contributed by atoms with Crippen molar-refractivity contribution in [2.45, 2.75) is 12.0 Å². The molecule has 0 saturated carbocycles. The molecule has 1 aromatic heterocycles. The molecule has 0 aliphatic heterocycles. The van der Waals surface area contributed by atoms with E-state index in [1.807, 2.05) is 0 Å². The van der Waals surface area contributed by atoms with Gasteiger partial charge in [-0.05, 0) is 36.8 Å². The molecule has 106 valence electrons. The van der Waals surface area contributed by atoms with Gasteiger partial charge in [0.05, 0.1) is 5.69 Å². The largest absolute Gasteiger partial charge is 0.475 e. The normalized spacial score (nSPS) is 11.3. The molecule has 0 spiro atoms. The molecule has 20 heavy (non-hydrogen) atoms. The van der Waals surface area contributed by atoms with Crippen LogP contribution in [-0.4, -0.2) is 19.5 Å². The molecule has 1 aromatic carbocycles. The molecular formula is C12H10BrNO5S. The lowest BCUT2D eigenvalue weighted by Crippen LogP contribution is -2.13. The molecule has 2 aromatic rings. The third-order valence-corrected chi connectivity index (χ3v) is 4.67. The van der Waals surface area contributed by atoms with Gasteiger partial charge in [0.2, 0.25) is 10.9 Å². The molecular weight excluding hydrogens is 350 g/mol. The molecule has 0 saturated heterocycles. The number of anilines is 1. The number of rotatable bonds is 4. The second kappa shape index (κ2) is 5.29. The Labute approximate surface area is 123 Å². The highest BCUT2D eigenvalue weighted by molar-refractivity contribution is 9.10. The van der Waals surface area contributed by atoms with Crippen LogP contribution in [0.5, 0.6) is 0 Å². The highest BCUT2D eigenvalue weighted by Gasteiger charge is 2.21. The average molecular weight is 360 g/mol. The van der Waals surface area contributed by atoms with E-state index in [9.17, 15) is 13.2 Å². The van der Waals surface area contributed by atoms with Gasteiger partial charge in [-0.25, -0.2) is 4.79 Å². The summed E-state index contributed by atoms with van der Waals surface area (Å²) >= 11 is 3.30. The van der Waals surface area contributed by atoms with E-state index in [4.69, 9.17) is 9.52 Å². The maximum Gasteiger partial charge on any atom is 0.371 e. The zero-order chi connectivity index (χ0) is 14.9. The van der Waals surface area contributed by atoms with Crippen molar-refractivity contribution in [2.75, 3.05) is 4.72 Å². The number of carboxylic acids is 1. The molecule has 0 bridgehead atoms. The van der Waals surface area contributed by atoms with E-state index in [1.165, 1.54) is 0 Å². The van der Waals surface area contributed by atoms with Crippen LogP contribution in [0.1, 0.15) is 16.1 Å². The van der Waals surface area contributed by atoms with E-state index in [-0.39, 0.29) is 0 Å². The molecule has 0 radical (unpaired) electrons. The number of halogens is 1. The molecule has 1 heterocycles. The highest BCUT2D eigenvalue weighted by Crippen LogP contribution is 2.26. The van der Waals surface area contributed by atoms with Gasteiger partial charge in [-0.2, -0.15) is 8.42 Å². The van der Waals surface area contributed by atoms with Crippen LogP contribution in [0.2, 0.25) is 0 Å². The van der Waals surface area contributed by atoms with Crippen LogP contribution in [0, 0.1) is 6.92 Å². The summed E-state index contributed by atoms with van der Waals surface area (Å²) in [4.78, 5) is 10.7. The first-order valence-corrected chi connectivity index (χ1v) is 7.70. The fourth-order valence-corrected chi connectivity index (χ4v) is 2.92. The lowest BCUT2D eigenvalue weighted by molar-refractivity contribution is 0.0656. The van der Waals surface area contributed by atoms with Crippen molar-refractivity contribution < 1.29 is 22.7 Å². The van der Waals surface area contributed by atoms with Crippen molar-refractivity contribution in [1.82, 2.24) is 0 Å². The van der Waals surface area contributed by atoms with Crippen LogP contribution < -0.4 is 4.72 Å². The number of nitrogens with one attached hydrogen (secondary N) is 1. The van der Waals surface area contributed by atoms with Gasteiger partial charge in [0.25, 0.3) is 10.0 Å². The van der Waals surface area contributed by atoms with Gasteiger partial charge in [0.1, 0.15) is 0 Å². The summed E-state index contributed by atoms with van der Waals surface area (Å²) in [7, 11) is -3.97. The van der Waals surface area contributed by atoms with Gasteiger partial charge in [-0.3, -0.25) is 4.72 Å². The maximum absolute atomic E-state index is 12.1. The predicted molar refractivity (Wildman–Crippen MR) is 75.4 cm³/mol. The monoisotopic (exact) mass is 359 g/mol. The number of carboxylic acid groups (broad SMARTS) is 1. The Morgan fingerprint density at radius 2 is 2.00 bits per heavy atom. The summed E-state index contributed by atoms with van der Waals surface area (Å²) in [5.41, 5.74) is 1.09. The Morgan fingerprint density at radius 3 is 2.60 bits per heavy atom. The van der Waals surface area contributed by atoms with E-state index >= 15 is 0 Å². The van der Waals surface area contributed by atoms with Crippen LogP contribution >= 0.6 is 15.9 Å². The van der Waals surface area contributed by atoms with Gasteiger partial charge >= 0.3 is 5.97 Å². The second-order valence-corrected chi connectivity index (χ2v) is 6.41. The van der Waals surface area contributed by atoms with Crippen molar-refractivity contribution in [1.29, 1.82) is 0 Å². The molecule has 0 unspecified atom stereocenters. The first kappa shape index (κ1) is 14.6. The number of aromatic carboxylic acids is 1. The van der Waals surface area contributed by atoms with Crippen LogP contribution in [-0.2, 0) is 10.0 Å². The fraction of sp³-hybridized carbons (Fsp3) is 0.0833. The molecule has 0 atom stereocenters. The third-order valence-electron chi connectivity index (χ3n) is 2.57. The number of carbonyl (C=O) groups is 1. The van der Waals surface area contributed by atoms with Gasteiger partial charge in [-0.15, -0.1) is 0 Å². The van der Waals surface area contributed by atoms with Gasteiger partial charge in [-0.1, -0.05) is 22.0 Å². The number of hydrogen-bond donors (Lipinski definition) is 2. The van der Waals surface area contributed by atoms with Gasteiger partial charge in [0, 0.05) is 4.47 Å². The van der Waals surface area contributed by atoms with E-state index in [0.717, 1.165) is 16.6 Å². The smallest absolute Gasteiger partial charge is 0.371 e. The summed E-state index contributed by atoms with van der Waals surface area (Å²) < 4.78 is 32.1. The standard InChI is InChI=1S/C12H10BrNO5S/c1-7-8(13)3-2-4-9(7)14-20(17,18)11-6-5-10(19-11)12(15)16/h2-6,14H,1H3,(H,15,16). The predicted octanol–water partition coefficient (Wildman–Crippen LogP) is 2.85.